The van der Waals surface area contributed by atoms with Crippen LogP contribution in [0.15, 0.2) is 38.0 Å². The van der Waals surface area contributed by atoms with Crippen LogP contribution in [0.25, 0.3) is 0 Å². The van der Waals surface area contributed by atoms with Crippen molar-refractivity contribution in [2.24, 2.45) is 0 Å². The van der Waals surface area contributed by atoms with E-state index in [0.717, 1.165) is 18.5 Å². The normalized spacial score (nSPS) is 10.5. The Bertz CT molecular complexity index is 160. The van der Waals surface area contributed by atoms with Gasteiger partial charge in [-0.2, -0.15) is 0 Å². The minimum absolute atomic E-state index is 0.948. The van der Waals surface area contributed by atoms with Gasteiger partial charge >= 0.3 is 77.1 Å². The fraction of sp³-hybridized carbons (Fsp3) is 0.333. The maximum atomic E-state index is 3.75. The van der Waals surface area contributed by atoms with E-state index in [1.54, 1.807) is 0 Å². The molecule has 62 valence electrons. The van der Waals surface area contributed by atoms with Crippen molar-refractivity contribution in [1.82, 2.24) is 0 Å². The molecular formula is C9H15PSe. The molecule has 0 aromatic heterocycles. The molecule has 11 heavy (non-hydrogen) atoms. The third-order valence-electron chi connectivity index (χ3n) is 1.39. The predicted octanol–water partition coefficient (Wildman–Crippen LogP) is 2.65. The van der Waals surface area contributed by atoms with Gasteiger partial charge in [0.1, 0.15) is 0 Å². The van der Waals surface area contributed by atoms with Gasteiger partial charge in [-0.05, 0) is 0 Å². The number of hydrogen-bond donors (Lipinski definition) is 0. The topological polar surface area (TPSA) is 0 Å². The Morgan fingerprint density at radius 3 is 1.36 bits per heavy atom. The maximum absolute atomic E-state index is 3.75. The molecule has 0 fully saturated rings. The first kappa shape index (κ1) is 11.2. The standard InChI is InChI=1S/C9H15PSe/c1-4-7-10(11,8-5-2)9-6-3/h4-6H,1-3,7-9H2. The summed E-state index contributed by atoms with van der Waals surface area (Å²) in [7, 11) is 0. The van der Waals surface area contributed by atoms with Crippen molar-refractivity contribution in [3.8, 4) is 0 Å². The van der Waals surface area contributed by atoms with Crippen LogP contribution in [0.1, 0.15) is 0 Å². The van der Waals surface area contributed by atoms with Crippen molar-refractivity contribution < 1.29 is 0 Å². The molecule has 0 heterocycles. The average Bonchev–Trinajstić information content (AvgIpc) is 1.88. The van der Waals surface area contributed by atoms with Crippen LogP contribution in [0.3, 0.4) is 0 Å². The van der Waals surface area contributed by atoms with Crippen LogP contribution in [-0.2, 0) is 0 Å². The van der Waals surface area contributed by atoms with Crippen molar-refractivity contribution >= 4 is 20.6 Å². The Morgan fingerprint density at radius 2 is 1.18 bits per heavy atom. The molecule has 2 heteroatoms. The van der Waals surface area contributed by atoms with Crippen molar-refractivity contribution in [2.45, 2.75) is 0 Å². The SMILES string of the molecule is C=CCP(=[Se])(CC=C)CC=C. The number of hydrogen-bond acceptors (Lipinski definition) is 0. The van der Waals surface area contributed by atoms with Crippen LogP contribution < -0.4 is 0 Å². The molecule has 0 aliphatic rings. The fourth-order valence-electron chi connectivity index (χ4n) is 0.929. The van der Waals surface area contributed by atoms with Gasteiger partial charge in [0, 0.05) is 0 Å². The molecule has 0 saturated heterocycles. The van der Waals surface area contributed by atoms with Crippen molar-refractivity contribution in [1.29, 1.82) is 0 Å². The second-order valence-electron chi connectivity index (χ2n) is 2.47. The van der Waals surface area contributed by atoms with Crippen LogP contribution in [0.4, 0.5) is 0 Å². The van der Waals surface area contributed by atoms with E-state index in [1.807, 2.05) is 18.2 Å². The first-order valence-corrected chi connectivity index (χ1v) is 8.14. The Morgan fingerprint density at radius 1 is 0.909 bits per heavy atom. The first-order chi connectivity index (χ1) is 5.18. The summed E-state index contributed by atoms with van der Waals surface area (Å²) in [5.74, 6) is 0. The summed E-state index contributed by atoms with van der Waals surface area (Å²) >= 11 is 3.29. The molecule has 0 aromatic carbocycles. The van der Waals surface area contributed by atoms with E-state index in [9.17, 15) is 0 Å². The quantitative estimate of drug-likeness (QED) is 0.376. The fourth-order valence-corrected chi connectivity index (χ4v) is 4.78. The first-order valence-electron chi connectivity index (χ1n) is 3.58. The molecule has 0 amide bonds. The zero-order valence-electron chi connectivity index (χ0n) is 6.83. The molecule has 0 bridgehead atoms. The zero-order chi connectivity index (χ0) is 8.74. The predicted molar refractivity (Wildman–Crippen MR) is 57.9 cm³/mol. The molecule has 0 aliphatic heterocycles. The molecule has 0 radical (unpaired) electrons. The van der Waals surface area contributed by atoms with E-state index in [-0.39, 0.29) is 0 Å². The van der Waals surface area contributed by atoms with Gasteiger partial charge in [-0.25, -0.2) is 0 Å². The zero-order valence-corrected chi connectivity index (χ0v) is 9.44. The van der Waals surface area contributed by atoms with Crippen LogP contribution in [0, 0.1) is 0 Å². The second kappa shape index (κ2) is 5.77. The molecule has 0 nitrogen and oxygen atoms in total. The van der Waals surface area contributed by atoms with Crippen LogP contribution in [0.2, 0.25) is 0 Å². The molecule has 0 atom stereocenters. The Labute approximate surface area is 77.3 Å². The van der Waals surface area contributed by atoms with Gasteiger partial charge in [0.2, 0.25) is 0 Å². The van der Waals surface area contributed by atoms with E-state index in [2.05, 4.69) is 34.8 Å². The van der Waals surface area contributed by atoms with E-state index < -0.39 is 5.51 Å². The van der Waals surface area contributed by atoms with Gasteiger partial charge in [0.15, 0.2) is 0 Å². The van der Waals surface area contributed by atoms with Crippen LogP contribution >= 0.6 is 5.51 Å². The number of allylic oxidation sites excluding steroid dienone is 3. The van der Waals surface area contributed by atoms with Gasteiger partial charge in [-0.1, -0.05) is 0 Å². The van der Waals surface area contributed by atoms with Gasteiger partial charge in [0.05, 0.1) is 0 Å². The molecule has 0 N–H and O–H groups in total. The summed E-state index contributed by atoms with van der Waals surface area (Å²) in [4.78, 5) is 0. The van der Waals surface area contributed by atoms with E-state index in [1.165, 1.54) is 0 Å². The molecule has 0 unspecified atom stereocenters. The Balaban J connectivity index is 4.22. The summed E-state index contributed by atoms with van der Waals surface area (Å²) < 4.78 is 0. The molecule has 0 spiro atoms. The van der Waals surface area contributed by atoms with Gasteiger partial charge < -0.3 is 0 Å². The summed E-state index contributed by atoms with van der Waals surface area (Å²) in [5.41, 5.74) is -0.948. The van der Waals surface area contributed by atoms with E-state index >= 15 is 0 Å². The molecular weight excluding hydrogens is 218 g/mol. The van der Waals surface area contributed by atoms with E-state index in [4.69, 9.17) is 0 Å². The molecule has 0 aliphatic carbocycles. The molecule has 0 saturated carbocycles. The van der Waals surface area contributed by atoms with Gasteiger partial charge in [-0.15, -0.1) is 0 Å². The van der Waals surface area contributed by atoms with Gasteiger partial charge in [0.25, 0.3) is 0 Å². The van der Waals surface area contributed by atoms with Crippen LogP contribution in [-0.4, -0.2) is 33.6 Å². The van der Waals surface area contributed by atoms with E-state index in [0.29, 0.717) is 0 Å². The average molecular weight is 233 g/mol. The third-order valence-corrected chi connectivity index (χ3v) is 6.97. The minimum atomic E-state index is -0.948. The Kier molecular flexibility index (Phi) is 5.86. The molecule has 0 aromatic rings. The van der Waals surface area contributed by atoms with Gasteiger partial charge in [-0.3, -0.25) is 0 Å². The number of rotatable bonds is 6. The van der Waals surface area contributed by atoms with Crippen molar-refractivity contribution in [3.63, 3.8) is 0 Å². The molecule has 0 rings (SSSR count). The van der Waals surface area contributed by atoms with Crippen molar-refractivity contribution in [3.05, 3.63) is 38.0 Å². The third kappa shape index (κ3) is 4.58. The summed E-state index contributed by atoms with van der Waals surface area (Å²) in [6.07, 6.45) is 9.22. The summed E-state index contributed by atoms with van der Waals surface area (Å²) in [6, 6.07) is 0. The monoisotopic (exact) mass is 234 g/mol. The summed E-state index contributed by atoms with van der Waals surface area (Å²) in [5, 5.41) is 0. The second-order valence-corrected chi connectivity index (χ2v) is 10.6. The van der Waals surface area contributed by atoms with Crippen LogP contribution in [0.5, 0.6) is 0 Å². The van der Waals surface area contributed by atoms with Crippen molar-refractivity contribution in [2.75, 3.05) is 18.5 Å². The summed E-state index contributed by atoms with van der Waals surface area (Å²) in [6.45, 7) is 11.2. The Hall–Kier alpha value is 0.169.